The first kappa shape index (κ1) is 36.5. The number of piperidine rings is 2. The number of amides is 3. The molecule has 1 aliphatic carbocycles. The van der Waals surface area contributed by atoms with Crippen LogP contribution in [0.1, 0.15) is 102 Å². The highest BCUT2D eigenvalue weighted by molar-refractivity contribution is 6.04. The molecule has 0 radical (unpaired) electrons. The van der Waals surface area contributed by atoms with Crippen LogP contribution >= 0.6 is 0 Å². The van der Waals surface area contributed by atoms with Crippen LogP contribution in [0.15, 0.2) is 53.6 Å². The highest BCUT2D eigenvalue weighted by Crippen LogP contribution is 2.33. The van der Waals surface area contributed by atoms with E-state index in [2.05, 4.69) is 36.8 Å². The number of fused-ring (bicyclic) bond motifs is 1. The Morgan fingerprint density at radius 1 is 0.909 bits per heavy atom. The molecule has 3 amide bonds. The molecule has 1 unspecified atom stereocenters. The van der Waals surface area contributed by atoms with Gasteiger partial charge in [-0.05, 0) is 106 Å². The summed E-state index contributed by atoms with van der Waals surface area (Å²) < 4.78 is 1.72. The largest absolute Gasteiger partial charge is 0.371 e. The minimum absolute atomic E-state index is 0.0197. The lowest BCUT2D eigenvalue weighted by Gasteiger charge is -2.44. The summed E-state index contributed by atoms with van der Waals surface area (Å²) in [6, 6.07) is 10.9. The lowest BCUT2D eigenvalue weighted by atomic mass is 9.89. The van der Waals surface area contributed by atoms with Crippen LogP contribution in [0.2, 0.25) is 0 Å². The molecular weight excluding hydrogens is 699 g/mol. The van der Waals surface area contributed by atoms with Crippen LogP contribution in [0.25, 0.3) is 11.0 Å². The third kappa shape index (κ3) is 7.60. The van der Waals surface area contributed by atoms with Crippen LogP contribution in [0, 0.1) is 12.8 Å². The quantitative estimate of drug-likeness (QED) is 0.155. The lowest BCUT2D eigenvalue weighted by molar-refractivity contribution is -0.134. The van der Waals surface area contributed by atoms with Crippen molar-refractivity contribution in [2.45, 2.75) is 83.2 Å². The Morgan fingerprint density at radius 2 is 1.65 bits per heavy atom. The standard InChI is InChI=1S/C41H47N9O5/c1-24-32-20-43-41(47-37(32)50(31-5-3-4-6-31)40(55)36(24)25(2)51)45-34-13-9-29(19-42-34)27-15-17-48(18-16-27)21-26-22-49(23-26)30-10-7-28(8-11-30)38(53)44-33-12-14-35(52)46-39(33)54/h7-11,13,19-20,26-27,31,33H,3-6,12,14-18,21-23H2,1-2H3,(H,44,53)(H,46,52,54)(H,42,43,45,47). The second kappa shape index (κ2) is 15.3. The van der Waals surface area contributed by atoms with Gasteiger partial charge >= 0.3 is 0 Å². The normalized spacial score (nSPS) is 20.0. The molecule has 0 spiro atoms. The molecule has 0 bridgehead atoms. The van der Waals surface area contributed by atoms with Crippen molar-refractivity contribution in [2.24, 2.45) is 5.92 Å². The molecule has 1 aromatic carbocycles. The van der Waals surface area contributed by atoms with Gasteiger partial charge in [-0.3, -0.25) is 33.9 Å². The average molecular weight is 746 g/mol. The van der Waals surface area contributed by atoms with Crippen LogP contribution in [-0.4, -0.2) is 86.7 Å². The number of benzene rings is 1. The molecule has 14 heteroatoms. The second-order valence-corrected chi connectivity index (χ2v) is 15.6. The Labute approximate surface area is 319 Å². The predicted octanol–water partition coefficient (Wildman–Crippen LogP) is 4.41. The van der Waals surface area contributed by atoms with Gasteiger partial charge in [-0.25, -0.2) is 9.97 Å². The maximum atomic E-state index is 13.6. The molecule has 6 heterocycles. The Bertz CT molecular complexity index is 2180. The molecule has 3 saturated heterocycles. The van der Waals surface area contributed by atoms with Crippen LogP contribution in [0.4, 0.5) is 17.5 Å². The summed E-state index contributed by atoms with van der Waals surface area (Å²) in [6.45, 7) is 8.32. The minimum Gasteiger partial charge on any atom is -0.371 e. The molecule has 4 aliphatic rings. The van der Waals surface area contributed by atoms with Crippen molar-refractivity contribution < 1.29 is 19.2 Å². The molecule has 1 saturated carbocycles. The number of imide groups is 1. The molecule has 55 heavy (non-hydrogen) atoms. The van der Waals surface area contributed by atoms with Crippen LogP contribution < -0.4 is 26.4 Å². The zero-order valence-corrected chi connectivity index (χ0v) is 31.3. The summed E-state index contributed by atoms with van der Waals surface area (Å²) in [6.07, 6.45) is 10.2. The number of carbonyl (C=O) groups is 4. The Hall–Kier alpha value is -5.50. The van der Waals surface area contributed by atoms with E-state index >= 15 is 0 Å². The molecule has 14 nitrogen and oxygen atoms in total. The average Bonchev–Trinajstić information content (AvgIpc) is 3.69. The monoisotopic (exact) mass is 745 g/mol. The Kier molecular flexibility index (Phi) is 10.2. The number of aromatic nitrogens is 4. The van der Waals surface area contributed by atoms with Gasteiger partial charge in [-0.1, -0.05) is 18.9 Å². The molecular formula is C41H47N9O5. The number of rotatable bonds is 10. The van der Waals surface area contributed by atoms with E-state index in [0.717, 1.165) is 82.3 Å². The van der Waals surface area contributed by atoms with Crippen molar-refractivity contribution >= 4 is 52.0 Å². The summed E-state index contributed by atoms with van der Waals surface area (Å²) >= 11 is 0. The number of carbonyl (C=O) groups excluding carboxylic acids is 4. The Morgan fingerprint density at radius 3 is 2.33 bits per heavy atom. The van der Waals surface area contributed by atoms with E-state index in [9.17, 15) is 24.0 Å². The van der Waals surface area contributed by atoms with Gasteiger partial charge in [-0.15, -0.1) is 0 Å². The predicted molar refractivity (Wildman–Crippen MR) is 208 cm³/mol. The molecule has 1 atom stereocenters. The third-order valence-corrected chi connectivity index (χ3v) is 11.8. The first-order valence-electron chi connectivity index (χ1n) is 19.5. The van der Waals surface area contributed by atoms with Gasteiger partial charge < -0.3 is 20.4 Å². The number of Topliss-reactive ketones (excluding diaryl/α,β-unsaturated/α-hetero) is 1. The molecule has 8 rings (SSSR count). The lowest BCUT2D eigenvalue weighted by Crippen LogP contribution is -2.52. The SMILES string of the molecule is CC(=O)c1c(C)c2cnc(Nc3ccc(C4CCN(CC5CN(c6ccc(C(=O)NC7CCC(=O)NC7=O)cc6)C5)CC4)cn3)nc2n(C2CCCC2)c1=O. The molecule has 4 aromatic rings. The Balaban J connectivity index is 0.816. The fraction of sp³-hybridized carbons (Fsp3) is 0.463. The third-order valence-electron chi connectivity index (χ3n) is 11.8. The van der Waals surface area contributed by atoms with Gasteiger partial charge in [0.05, 0.1) is 5.56 Å². The maximum absolute atomic E-state index is 13.6. The van der Waals surface area contributed by atoms with Gasteiger partial charge in [0.2, 0.25) is 17.8 Å². The minimum atomic E-state index is -0.691. The van der Waals surface area contributed by atoms with Crippen molar-refractivity contribution in [3.8, 4) is 0 Å². The number of aryl methyl sites for hydroxylation is 1. The zero-order valence-electron chi connectivity index (χ0n) is 31.3. The first-order valence-corrected chi connectivity index (χ1v) is 19.5. The van der Waals surface area contributed by atoms with E-state index in [1.165, 1.54) is 12.5 Å². The first-order chi connectivity index (χ1) is 26.6. The van der Waals surface area contributed by atoms with Crippen molar-refractivity contribution in [1.29, 1.82) is 0 Å². The number of hydrogen-bond donors (Lipinski definition) is 3. The number of anilines is 3. The van der Waals surface area contributed by atoms with E-state index in [4.69, 9.17) is 9.97 Å². The molecule has 3 aliphatic heterocycles. The fourth-order valence-corrected chi connectivity index (χ4v) is 8.75. The number of nitrogens with one attached hydrogen (secondary N) is 3. The van der Waals surface area contributed by atoms with Crippen LogP contribution in [0.3, 0.4) is 0 Å². The number of pyridine rings is 2. The van der Waals surface area contributed by atoms with Gasteiger partial charge in [0.25, 0.3) is 11.5 Å². The van der Waals surface area contributed by atoms with Crippen LogP contribution in [-0.2, 0) is 9.59 Å². The van der Waals surface area contributed by atoms with Gasteiger partial charge in [0.1, 0.15) is 17.5 Å². The van der Waals surface area contributed by atoms with Gasteiger partial charge in [-0.2, -0.15) is 4.98 Å². The van der Waals surface area contributed by atoms with E-state index < -0.39 is 11.9 Å². The van der Waals surface area contributed by atoms with E-state index in [1.807, 2.05) is 24.4 Å². The summed E-state index contributed by atoms with van der Waals surface area (Å²) in [4.78, 5) is 81.0. The summed E-state index contributed by atoms with van der Waals surface area (Å²) in [5.41, 5.74) is 3.92. The smallest absolute Gasteiger partial charge is 0.263 e. The topological polar surface area (TPSA) is 172 Å². The summed E-state index contributed by atoms with van der Waals surface area (Å²) in [5.74, 6) is 0.705. The summed E-state index contributed by atoms with van der Waals surface area (Å²) in [5, 5.41) is 8.95. The highest BCUT2D eigenvalue weighted by Gasteiger charge is 2.32. The van der Waals surface area contributed by atoms with Gasteiger partial charge in [0.15, 0.2) is 5.78 Å². The maximum Gasteiger partial charge on any atom is 0.263 e. The fourth-order valence-electron chi connectivity index (χ4n) is 8.75. The van der Waals surface area contributed by atoms with Gasteiger partial charge in [0, 0.05) is 67.0 Å². The number of hydrogen-bond acceptors (Lipinski definition) is 11. The van der Waals surface area contributed by atoms with Crippen molar-refractivity contribution in [3.05, 3.63) is 81.4 Å². The molecule has 286 valence electrons. The zero-order chi connectivity index (χ0) is 38.2. The van der Waals surface area contributed by atoms with E-state index in [-0.39, 0.29) is 41.2 Å². The van der Waals surface area contributed by atoms with E-state index in [1.54, 1.807) is 29.8 Å². The number of likely N-dealkylation sites (tertiary alicyclic amines) is 1. The van der Waals surface area contributed by atoms with Crippen molar-refractivity contribution in [3.63, 3.8) is 0 Å². The highest BCUT2D eigenvalue weighted by atomic mass is 16.2. The molecule has 4 fully saturated rings. The molecule has 3 N–H and O–H groups in total. The summed E-state index contributed by atoms with van der Waals surface area (Å²) in [7, 11) is 0. The van der Waals surface area contributed by atoms with Crippen molar-refractivity contribution in [2.75, 3.05) is 42.9 Å². The number of nitrogens with zero attached hydrogens (tertiary/aromatic N) is 6. The number of ketones is 1. The molecule has 3 aromatic heterocycles. The van der Waals surface area contributed by atoms with Crippen molar-refractivity contribution in [1.82, 2.24) is 35.1 Å². The van der Waals surface area contributed by atoms with E-state index in [0.29, 0.717) is 46.8 Å². The second-order valence-electron chi connectivity index (χ2n) is 15.6. The van der Waals surface area contributed by atoms with Crippen LogP contribution in [0.5, 0.6) is 0 Å².